The molecule has 26 heavy (non-hydrogen) atoms. The maximum absolute atomic E-state index is 13.6. The number of esters is 1. The van der Waals surface area contributed by atoms with Gasteiger partial charge in [0.2, 0.25) is 0 Å². The molecule has 1 aromatic rings. The number of rotatable bonds is 5. The van der Waals surface area contributed by atoms with Crippen LogP contribution in [0.3, 0.4) is 0 Å². The molecule has 1 aliphatic heterocycles. The van der Waals surface area contributed by atoms with Gasteiger partial charge in [0.15, 0.2) is 0 Å². The third kappa shape index (κ3) is 3.91. The van der Waals surface area contributed by atoms with Crippen LogP contribution in [0.5, 0.6) is 0 Å². The number of nitrogens with zero attached hydrogens (tertiary/aromatic N) is 1. The van der Waals surface area contributed by atoms with Crippen LogP contribution in [0, 0.1) is 5.82 Å². The maximum Gasteiger partial charge on any atom is 0.418 e. The summed E-state index contributed by atoms with van der Waals surface area (Å²) in [6.07, 6.45) is -4.92. The summed E-state index contributed by atoms with van der Waals surface area (Å²) in [4.78, 5) is 25.3. The molecule has 0 fully saturated rings. The molecule has 0 unspecified atom stereocenters. The molecule has 0 atom stereocenters. The molecule has 1 amide bonds. The van der Waals surface area contributed by atoms with E-state index in [0.717, 1.165) is 12.0 Å². The van der Waals surface area contributed by atoms with E-state index >= 15 is 0 Å². The molecule has 6 nitrogen and oxygen atoms in total. The van der Waals surface area contributed by atoms with Gasteiger partial charge in [-0.2, -0.15) is 13.2 Å². The van der Waals surface area contributed by atoms with Gasteiger partial charge >= 0.3 is 12.1 Å². The summed E-state index contributed by atoms with van der Waals surface area (Å²) in [7, 11) is 1.06. The molecule has 0 bridgehead atoms. The number of aliphatic hydroxyl groups is 1. The lowest BCUT2D eigenvalue weighted by Gasteiger charge is -2.16. The minimum absolute atomic E-state index is 0.116. The molecule has 0 saturated heterocycles. The highest BCUT2D eigenvalue weighted by Gasteiger charge is 2.37. The van der Waals surface area contributed by atoms with Crippen LogP contribution in [-0.2, 0) is 20.5 Å². The lowest BCUT2D eigenvalue weighted by atomic mass is 10.1. The quantitative estimate of drug-likeness (QED) is 0.589. The number of anilines is 1. The number of ether oxygens (including phenoxy) is 1. The zero-order valence-electron chi connectivity index (χ0n) is 13.3. The first kappa shape index (κ1) is 20.0. The van der Waals surface area contributed by atoms with Crippen molar-refractivity contribution in [1.29, 1.82) is 0 Å². The zero-order chi connectivity index (χ0) is 19.6. The van der Waals surface area contributed by atoms with Crippen molar-refractivity contribution < 1.29 is 37.0 Å². The summed E-state index contributed by atoms with van der Waals surface area (Å²) in [6, 6.07) is 0.888. The molecular weight excluding hydrogens is 384 g/mol. The number of nitrogens with one attached hydrogen (secondary N) is 1. The van der Waals surface area contributed by atoms with Gasteiger partial charge in [0, 0.05) is 6.54 Å². The number of amides is 1. The van der Waals surface area contributed by atoms with E-state index in [9.17, 15) is 27.2 Å². The second kappa shape index (κ2) is 7.50. The molecule has 0 aliphatic carbocycles. The second-order valence-corrected chi connectivity index (χ2v) is 5.61. The number of carbonyl (C=O) groups is 2. The van der Waals surface area contributed by atoms with Gasteiger partial charge in [-0.3, -0.25) is 4.79 Å². The van der Waals surface area contributed by atoms with E-state index < -0.39 is 52.4 Å². The number of halogens is 5. The normalized spacial score (nSPS) is 14.9. The Morgan fingerprint density at radius 3 is 2.62 bits per heavy atom. The van der Waals surface area contributed by atoms with Gasteiger partial charge in [0.1, 0.15) is 11.5 Å². The first-order valence-electron chi connectivity index (χ1n) is 7.15. The van der Waals surface area contributed by atoms with Crippen LogP contribution in [0.4, 0.5) is 23.2 Å². The second-order valence-electron chi connectivity index (χ2n) is 5.23. The molecule has 1 aromatic carbocycles. The summed E-state index contributed by atoms with van der Waals surface area (Å²) in [5.74, 6) is -2.90. The highest BCUT2D eigenvalue weighted by molar-refractivity contribution is 6.34. The fraction of sp³-hybridized carbons (Fsp3) is 0.333. The van der Waals surface area contributed by atoms with Gasteiger partial charge in [0.25, 0.3) is 5.91 Å². The van der Waals surface area contributed by atoms with E-state index in [1.807, 2.05) is 0 Å². The fourth-order valence-electron chi connectivity index (χ4n) is 2.37. The van der Waals surface area contributed by atoms with Gasteiger partial charge in [-0.05, 0) is 12.1 Å². The maximum atomic E-state index is 13.6. The Labute approximate surface area is 150 Å². The predicted molar refractivity (Wildman–Crippen MR) is 82.7 cm³/mol. The van der Waals surface area contributed by atoms with Crippen LogP contribution < -0.4 is 5.32 Å². The van der Waals surface area contributed by atoms with Crippen LogP contribution in [0.25, 0.3) is 0 Å². The number of methoxy groups -OCH3 is 1. The van der Waals surface area contributed by atoms with E-state index in [1.54, 1.807) is 0 Å². The van der Waals surface area contributed by atoms with Gasteiger partial charge in [0.05, 0.1) is 42.1 Å². The average molecular weight is 397 g/mol. The molecule has 0 radical (unpaired) electrons. The highest BCUT2D eigenvalue weighted by Crippen LogP contribution is 2.40. The lowest BCUT2D eigenvalue weighted by molar-refractivity contribution is -0.138. The van der Waals surface area contributed by atoms with Crippen LogP contribution in [0.2, 0.25) is 5.02 Å². The van der Waals surface area contributed by atoms with Crippen molar-refractivity contribution >= 4 is 29.2 Å². The van der Waals surface area contributed by atoms with Gasteiger partial charge in [-0.25, -0.2) is 9.18 Å². The fourth-order valence-corrected chi connectivity index (χ4v) is 2.63. The molecule has 11 heteroatoms. The first-order chi connectivity index (χ1) is 12.1. The van der Waals surface area contributed by atoms with Gasteiger partial charge in [-0.15, -0.1) is 0 Å². The van der Waals surface area contributed by atoms with Gasteiger partial charge in [-0.1, -0.05) is 11.6 Å². The van der Waals surface area contributed by atoms with Crippen molar-refractivity contribution in [2.45, 2.75) is 6.18 Å². The van der Waals surface area contributed by atoms with E-state index in [0.29, 0.717) is 6.07 Å². The molecule has 2 rings (SSSR count). The molecule has 2 N–H and O–H groups in total. The van der Waals surface area contributed by atoms with Crippen molar-refractivity contribution in [3.05, 3.63) is 39.8 Å². The summed E-state index contributed by atoms with van der Waals surface area (Å²) >= 11 is 5.70. The topological polar surface area (TPSA) is 78.9 Å². The lowest BCUT2D eigenvalue weighted by Crippen LogP contribution is -2.31. The van der Waals surface area contributed by atoms with Crippen molar-refractivity contribution in [2.75, 3.05) is 32.1 Å². The minimum atomic E-state index is -4.92. The number of aliphatic hydroxyl groups excluding tert-OH is 1. The number of hydrogen-bond donors (Lipinski definition) is 2. The van der Waals surface area contributed by atoms with E-state index in [-0.39, 0.29) is 24.7 Å². The first-order valence-corrected chi connectivity index (χ1v) is 7.52. The molecule has 0 spiro atoms. The van der Waals surface area contributed by atoms with E-state index in [4.69, 9.17) is 16.7 Å². The van der Waals surface area contributed by atoms with Crippen LogP contribution in [-0.4, -0.2) is 48.7 Å². The summed E-state index contributed by atoms with van der Waals surface area (Å²) in [5, 5.41) is 10.4. The van der Waals surface area contributed by atoms with Crippen LogP contribution in [0.1, 0.15) is 5.56 Å². The summed E-state index contributed by atoms with van der Waals surface area (Å²) in [5.41, 5.74) is -2.54. The number of benzene rings is 1. The van der Waals surface area contributed by atoms with Crippen molar-refractivity contribution in [3.63, 3.8) is 0 Å². The zero-order valence-corrected chi connectivity index (χ0v) is 14.0. The third-order valence-corrected chi connectivity index (χ3v) is 3.96. The largest absolute Gasteiger partial charge is 0.466 e. The monoisotopic (exact) mass is 396 g/mol. The smallest absolute Gasteiger partial charge is 0.418 e. The number of alkyl halides is 3. The standard InChI is InChI=1S/C15H13ClF4N2O4/c1-26-14(25)8-6-22(2-3-23)13(24)12(8)21-10-5-7(17)4-9(11(10)16)15(18,19)20/h4-5,21,23H,2-3,6H2,1H3. The van der Waals surface area contributed by atoms with Crippen molar-refractivity contribution in [3.8, 4) is 0 Å². The average Bonchev–Trinajstić information content (AvgIpc) is 2.86. The summed E-state index contributed by atoms with van der Waals surface area (Å²) < 4.78 is 57.0. The Bertz CT molecular complexity index is 780. The van der Waals surface area contributed by atoms with E-state index in [2.05, 4.69) is 10.1 Å². The molecule has 0 saturated carbocycles. The predicted octanol–water partition coefficient (Wildman–Crippen LogP) is 2.17. The highest BCUT2D eigenvalue weighted by atomic mass is 35.5. The van der Waals surface area contributed by atoms with Gasteiger partial charge < -0.3 is 20.1 Å². The molecule has 1 heterocycles. The number of β-amino-alcohol motifs (C(OH)–C–C–N with tert-alkyl or cyclic N) is 1. The Balaban J connectivity index is 2.49. The molecule has 1 aliphatic rings. The SMILES string of the molecule is COC(=O)C1=C(Nc2cc(F)cc(C(F)(F)F)c2Cl)C(=O)N(CCO)C1. The van der Waals surface area contributed by atoms with Crippen molar-refractivity contribution in [1.82, 2.24) is 4.90 Å². The Kier molecular flexibility index (Phi) is 5.77. The molecular formula is C15H13ClF4N2O4. The number of carbonyl (C=O) groups excluding carboxylic acids is 2. The Morgan fingerprint density at radius 1 is 1.42 bits per heavy atom. The minimum Gasteiger partial charge on any atom is -0.466 e. The number of hydrogen-bond acceptors (Lipinski definition) is 5. The third-order valence-electron chi connectivity index (χ3n) is 3.56. The Morgan fingerprint density at radius 2 is 2.08 bits per heavy atom. The van der Waals surface area contributed by atoms with Crippen LogP contribution >= 0.6 is 11.6 Å². The van der Waals surface area contributed by atoms with E-state index in [1.165, 1.54) is 0 Å². The van der Waals surface area contributed by atoms with Crippen LogP contribution in [0.15, 0.2) is 23.4 Å². The Hall–Kier alpha value is -2.33. The summed E-state index contributed by atoms with van der Waals surface area (Å²) in [6.45, 7) is -0.741. The molecule has 142 valence electrons. The van der Waals surface area contributed by atoms with Crippen molar-refractivity contribution in [2.24, 2.45) is 0 Å². The molecule has 0 aromatic heterocycles.